The molecule has 1 aliphatic rings. The van der Waals surface area contributed by atoms with Crippen molar-refractivity contribution in [1.82, 2.24) is 9.80 Å². The maximum absolute atomic E-state index is 12.4. The minimum Gasteiger partial charge on any atom is -0.492 e. The summed E-state index contributed by atoms with van der Waals surface area (Å²) in [6.07, 6.45) is 0. The Bertz CT molecular complexity index is 823. The van der Waals surface area contributed by atoms with E-state index in [2.05, 4.69) is 10.2 Å². The Kier molecular flexibility index (Phi) is 8.59. The van der Waals surface area contributed by atoms with Crippen LogP contribution in [0.3, 0.4) is 0 Å². The Morgan fingerprint density at radius 3 is 2.50 bits per heavy atom. The predicted octanol–water partition coefficient (Wildman–Crippen LogP) is 2.89. The molecule has 1 N–H and O–H groups in total. The first kappa shape index (κ1) is 22.2. The average molecular weight is 428 g/mol. The number of benzene rings is 2. The Morgan fingerprint density at radius 2 is 1.77 bits per heavy atom. The van der Waals surface area contributed by atoms with Crippen molar-refractivity contribution in [3.8, 4) is 5.75 Å². The Morgan fingerprint density at radius 1 is 1.00 bits per heavy atom. The highest BCUT2D eigenvalue weighted by Gasteiger charge is 2.21. The molecule has 30 heavy (non-hydrogen) atoms. The number of aryl methyl sites for hydroxylation is 1. The van der Waals surface area contributed by atoms with Crippen LogP contribution in [0.15, 0.2) is 54.6 Å². The smallest absolute Gasteiger partial charge is 0.234 e. The first-order chi connectivity index (χ1) is 14.6. The molecular weight excluding hydrogens is 398 g/mol. The lowest BCUT2D eigenvalue weighted by Gasteiger charge is -2.34. The molecule has 0 unspecified atom stereocenters. The Balaban J connectivity index is 1.28. The first-order valence-corrected chi connectivity index (χ1v) is 11.4. The van der Waals surface area contributed by atoms with Gasteiger partial charge < -0.3 is 15.0 Å². The number of anilines is 1. The summed E-state index contributed by atoms with van der Waals surface area (Å²) in [5.41, 5.74) is 1.89. The quantitative estimate of drug-likeness (QED) is 0.667. The van der Waals surface area contributed by atoms with E-state index in [4.69, 9.17) is 4.74 Å². The van der Waals surface area contributed by atoms with E-state index in [-0.39, 0.29) is 17.6 Å². The van der Waals surface area contributed by atoms with Crippen LogP contribution < -0.4 is 10.1 Å². The summed E-state index contributed by atoms with van der Waals surface area (Å²) in [6.45, 7) is 6.62. The van der Waals surface area contributed by atoms with E-state index in [1.54, 1.807) is 0 Å². The summed E-state index contributed by atoms with van der Waals surface area (Å²) in [5.74, 6) is 1.51. The molecule has 0 aliphatic carbocycles. The van der Waals surface area contributed by atoms with Crippen LogP contribution >= 0.6 is 11.8 Å². The van der Waals surface area contributed by atoms with Crippen molar-refractivity contribution >= 4 is 29.3 Å². The summed E-state index contributed by atoms with van der Waals surface area (Å²) in [7, 11) is 0. The van der Waals surface area contributed by atoms with Crippen LogP contribution in [0.1, 0.15) is 5.56 Å². The Hall–Kier alpha value is -2.51. The highest BCUT2D eigenvalue weighted by Crippen LogP contribution is 2.12. The maximum atomic E-state index is 12.4. The van der Waals surface area contributed by atoms with Crippen LogP contribution in [-0.2, 0) is 9.59 Å². The van der Waals surface area contributed by atoms with Gasteiger partial charge in [-0.05, 0) is 36.8 Å². The minimum absolute atomic E-state index is 0.0818. The molecule has 1 aliphatic heterocycles. The molecule has 2 aromatic carbocycles. The zero-order valence-corrected chi connectivity index (χ0v) is 18.2. The molecule has 160 valence electrons. The molecule has 0 aromatic heterocycles. The number of carbonyl (C=O) groups excluding carboxylic acids is 2. The molecule has 0 spiro atoms. The maximum Gasteiger partial charge on any atom is 0.234 e. The number of rotatable bonds is 9. The third-order valence-electron chi connectivity index (χ3n) is 4.90. The molecule has 3 rings (SSSR count). The first-order valence-electron chi connectivity index (χ1n) is 10.2. The topological polar surface area (TPSA) is 61.9 Å². The summed E-state index contributed by atoms with van der Waals surface area (Å²) in [5, 5.41) is 2.87. The number of ether oxygens (including phenoxy) is 1. The minimum atomic E-state index is -0.0818. The zero-order valence-electron chi connectivity index (χ0n) is 17.4. The van der Waals surface area contributed by atoms with Crippen molar-refractivity contribution in [3.63, 3.8) is 0 Å². The molecule has 7 heteroatoms. The molecule has 1 fully saturated rings. The molecule has 2 aromatic rings. The number of hydrogen-bond donors (Lipinski definition) is 1. The van der Waals surface area contributed by atoms with Gasteiger partial charge in [-0.15, -0.1) is 11.8 Å². The summed E-state index contributed by atoms with van der Waals surface area (Å²) >= 11 is 1.36. The predicted molar refractivity (Wildman–Crippen MR) is 122 cm³/mol. The lowest BCUT2D eigenvalue weighted by Crippen LogP contribution is -2.50. The van der Waals surface area contributed by atoms with Crippen molar-refractivity contribution in [2.75, 3.05) is 56.2 Å². The van der Waals surface area contributed by atoms with Gasteiger partial charge in [-0.25, -0.2) is 0 Å². The van der Waals surface area contributed by atoms with E-state index in [0.717, 1.165) is 49.7 Å². The van der Waals surface area contributed by atoms with E-state index < -0.39 is 0 Å². The van der Waals surface area contributed by atoms with Gasteiger partial charge in [0.05, 0.1) is 11.5 Å². The lowest BCUT2D eigenvalue weighted by molar-refractivity contribution is -0.130. The van der Waals surface area contributed by atoms with Gasteiger partial charge in [0.2, 0.25) is 11.8 Å². The van der Waals surface area contributed by atoms with Crippen molar-refractivity contribution < 1.29 is 14.3 Å². The third kappa shape index (κ3) is 7.39. The number of nitrogens with zero attached hydrogens (tertiary/aromatic N) is 2. The number of para-hydroxylation sites is 1. The van der Waals surface area contributed by atoms with Gasteiger partial charge in [0.15, 0.2) is 0 Å². The van der Waals surface area contributed by atoms with Crippen molar-refractivity contribution in [2.24, 2.45) is 0 Å². The molecular formula is C23H29N3O3S. The van der Waals surface area contributed by atoms with Crippen LogP contribution in [0.4, 0.5) is 5.69 Å². The molecule has 1 saturated heterocycles. The van der Waals surface area contributed by atoms with Crippen LogP contribution in [0.5, 0.6) is 5.75 Å². The number of thioether (sulfide) groups is 1. The van der Waals surface area contributed by atoms with Crippen LogP contribution in [0.25, 0.3) is 0 Å². The van der Waals surface area contributed by atoms with E-state index >= 15 is 0 Å². The van der Waals surface area contributed by atoms with Crippen LogP contribution in [0, 0.1) is 6.92 Å². The fourth-order valence-electron chi connectivity index (χ4n) is 3.27. The van der Waals surface area contributed by atoms with Crippen molar-refractivity contribution in [1.29, 1.82) is 0 Å². The van der Waals surface area contributed by atoms with Gasteiger partial charge >= 0.3 is 0 Å². The van der Waals surface area contributed by atoms with Gasteiger partial charge in [0.1, 0.15) is 12.4 Å². The van der Waals surface area contributed by atoms with Crippen molar-refractivity contribution in [2.45, 2.75) is 6.92 Å². The molecule has 0 saturated carbocycles. The highest BCUT2D eigenvalue weighted by molar-refractivity contribution is 8.00. The van der Waals surface area contributed by atoms with Gasteiger partial charge in [-0.3, -0.25) is 14.5 Å². The molecule has 1 heterocycles. The SMILES string of the molecule is Cc1cccc(NC(=O)CSCC(=O)N2CCN(CCOc3ccccc3)CC2)c1. The summed E-state index contributed by atoms with van der Waals surface area (Å²) in [6, 6.07) is 17.5. The summed E-state index contributed by atoms with van der Waals surface area (Å²) in [4.78, 5) is 28.7. The largest absolute Gasteiger partial charge is 0.492 e. The number of nitrogens with one attached hydrogen (secondary N) is 1. The molecule has 2 amide bonds. The van der Waals surface area contributed by atoms with E-state index in [1.165, 1.54) is 11.8 Å². The van der Waals surface area contributed by atoms with Gasteiger partial charge in [0, 0.05) is 38.4 Å². The van der Waals surface area contributed by atoms with E-state index in [9.17, 15) is 9.59 Å². The number of piperazine rings is 1. The molecule has 0 radical (unpaired) electrons. The summed E-state index contributed by atoms with van der Waals surface area (Å²) < 4.78 is 5.74. The monoisotopic (exact) mass is 427 g/mol. The fraction of sp³-hybridized carbons (Fsp3) is 0.391. The standard InChI is InChI=1S/C23H29N3O3S/c1-19-6-5-7-20(16-19)24-22(27)17-30-18-23(28)26-12-10-25(11-13-26)14-15-29-21-8-3-2-4-9-21/h2-9,16H,10-15,17-18H2,1H3,(H,24,27). The normalized spacial score (nSPS) is 14.4. The van der Waals surface area contributed by atoms with E-state index in [1.807, 2.05) is 66.4 Å². The fourth-order valence-corrected chi connectivity index (χ4v) is 3.99. The average Bonchev–Trinajstić information content (AvgIpc) is 2.75. The second kappa shape index (κ2) is 11.6. The second-order valence-electron chi connectivity index (χ2n) is 7.29. The highest BCUT2D eigenvalue weighted by atomic mass is 32.2. The third-order valence-corrected chi connectivity index (χ3v) is 5.82. The van der Waals surface area contributed by atoms with Crippen LogP contribution in [-0.4, -0.2) is 72.5 Å². The lowest BCUT2D eigenvalue weighted by atomic mass is 10.2. The van der Waals surface area contributed by atoms with E-state index in [0.29, 0.717) is 12.4 Å². The van der Waals surface area contributed by atoms with Crippen molar-refractivity contribution in [3.05, 3.63) is 60.2 Å². The van der Waals surface area contributed by atoms with Gasteiger partial charge in [-0.2, -0.15) is 0 Å². The molecule has 0 atom stereocenters. The zero-order chi connectivity index (χ0) is 21.2. The number of carbonyl (C=O) groups is 2. The van der Waals surface area contributed by atoms with Gasteiger partial charge in [-0.1, -0.05) is 30.3 Å². The Labute approximate surface area is 182 Å². The van der Waals surface area contributed by atoms with Crippen LogP contribution in [0.2, 0.25) is 0 Å². The molecule has 6 nitrogen and oxygen atoms in total. The molecule has 0 bridgehead atoms. The second-order valence-corrected chi connectivity index (χ2v) is 8.28. The number of amides is 2. The van der Waals surface area contributed by atoms with Gasteiger partial charge in [0.25, 0.3) is 0 Å². The number of hydrogen-bond acceptors (Lipinski definition) is 5.